The molecule has 7 rings (SSSR count). The summed E-state index contributed by atoms with van der Waals surface area (Å²) < 4.78 is 42.0. The van der Waals surface area contributed by atoms with Crippen LogP contribution >= 0.6 is 0 Å². The van der Waals surface area contributed by atoms with Gasteiger partial charge in [0.15, 0.2) is 5.78 Å². The number of rotatable bonds is 4. The van der Waals surface area contributed by atoms with Gasteiger partial charge in [0.25, 0.3) is 0 Å². The second-order valence-corrected chi connectivity index (χ2v) is 14.1. The van der Waals surface area contributed by atoms with Gasteiger partial charge < -0.3 is 21.3 Å². The average Bonchev–Trinajstić information content (AvgIpc) is 3.50. The predicted molar refractivity (Wildman–Crippen MR) is 184 cm³/mol. The first kappa shape index (κ1) is 35.0. The van der Waals surface area contributed by atoms with Gasteiger partial charge in [-0.1, -0.05) is 18.9 Å². The van der Waals surface area contributed by atoms with Crippen molar-refractivity contribution in [2.24, 2.45) is 5.41 Å². The van der Waals surface area contributed by atoms with Crippen LogP contribution in [0, 0.1) is 12.3 Å². The van der Waals surface area contributed by atoms with Gasteiger partial charge in [-0.15, -0.1) is 0 Å². The zero-order valence-electron chi connectivity index (χ0n) is 28.7. The maximum absolute atomic E-state index is 14.4. The van der Waals surface area contributed by atoms with E-state index in [-0.39, 0.29) is 48.7 Å². The fourth-order valence-electron chi connectivity index (χ4n) is 7.63. The summed E-state index contributed by atoms with van der Waals surface area (Å²) in [6.07, 6.45) is 3.27. The molecule has 3 aliphatic rings. The Labute approximate surface area is 296 Å². The summed E-state index contributed by atoms with van der Waals surface area (Å²) in [6, 6.07) is 4.41. The molecule has 2 fully saturated rings. The van der Waals surface area contributed by atoms with Crippen LogP contribution < -0.4 is 16.4 Å². The van der Waals surface area contributed by atoms with Crippen LogP contribution in [0.1, 0.15) is 79.2 Å². The minimum atomic E-state index is -4.72. The molecule has 4 N–H and O–H groups in total. The molecule has 3 aromatic heterocycles. The number of pyridine rings is 1. The van der Waals surface area contributed by atoms with E-state index in [2.05, 4.69) is 30.7 Å². The molecule has 272 valence electrons. The standard InChI is InChI=1S/C36H38F3N9O4/c1-19-9-10-26(36(37,38)39)44-32(19)45-33(52)25-13-35-14-27(35)48(25)29(51)17-47-31-21(7-5-3-4-6-8-28(50)43-18-35)11-22(23-15-41-34(40)42-16-23)12-24(31)30(46-47)20(2)49/h9-12,15-16,25,27H,3-8,13-14,17-18H2,1-2H3,(H,43,50)(H2,40,41,42)(H,44,45,52)/t25-,27+,35-/m0/s1. The number of nitrogens with one attached hydrogen (secondary N) is 2. The Hall–Kier alpha value is -5.41. The Bertz CT molecular complexity index is 2100. The number of hydrogen-bond donors (Lipinski definition) is 3. The number of nitrogen functional groups attached to an aromatic ring is 1. The second kappa shape index (κ2) is 13.3. The van der Waals surface area contributed by atoms with Crippen molar-refractivity contribution in [3.8, 4) is 11.1 Å². The molecule has 16 heteroatoms. The molecule has 1 aromatic carbocycles. The van der Waals surface area contributed by atoms with E-state index < -0.39 is 41.2 Å². The number of anilines is 2. The van der Waals surface area contributed by atoms with Gasteiger partial charge in [-0.2, -0.15) is 18.3 Å². The van der Waals surface area contributed by atoms with E-state index in [9.17, 15) is 32.3 Å². The van der Waals surface area contributed by atoms with Gasteiger partial charge >= 0.3 is 6.18 Å². The van der Waals surface area contributed by atoms with Crippen LogP contribution in [0.5, 0.6) is 0 Å². The fraction of sp³-hybridized carbons (Fsp3) is 0.444. The number of alkyl halides is 3. The molecule has 2 bridgehead atoms. The first-order valence-electron chi connectivity index (χ1n) is 17.3. The zero-order chi connectivity index (χ0) is 36.9. The molecule has 13 nitrogen and oxygen atoms in total. The van der Waals surface area contributed by atoms with E-state index in [0.29, 0.717) is 47.7 Å². The molecule has 52 heavy (non-hydrogen) atoms. The highest BCUT2D eigenvalue weighted by atomic mass is 19.4. The lowest BCUT2D eigenvalue weighted by atomic mass is 9.96. The lowest BCUT2D eigenvalue weighted by Gasteiger charge is -2.27. The lowest BCUT2D eigenvalue weighted by molar-refractivity contribution is -0.141. The third-order valence-corrected chi connectivity index (χ3v) is 10.4. The van der Waals surface area contributed by atoms with Crippen molar-refractivity contribution < 1.29 is 32.3 Å². The SMILES string of the molecule is CC(=O)c1nn2c3c(cc(-c4cnc(N)nc4)cc13)CCCCCCC(=O)NC[C@@]13C[C@@H](C(=O)Nc4nc(C(F)(F)F)ccc4C)N(C(=O)C2)[C@@H]1C3. The van der Waals surface area contributed by atoms with Crippen LogP contribution in [0.15, 0.2) is 36.7 Å². The van der Waals surface area contributed by atoms with Crippen LogP contribution in [0.3, 0.4) is 0 Å². The Morgan fingerprint density at radius 3 is 2.46 bits per heavy atom. The topological polar surface area (TPSA) is 178 Å². The van der Waals surface area contributed by atoms with Crippen molar-refractivity contribution in [1.82, 2.24) is 34.9 Å². The van der Waals surface area contributed by atoms with Crippen molar-refractivity contribution in [3.63, 3.8) is 0 Å². The Balaban J connectivity index is 1.28. The molecule has 1 aliphatic carbocycles. The van der Waals surface area contributed by atoms with Crippen LogP contribution in [-0.4, -0.2) is 71.8 Å². The van der Waals surface area contributed by atoms with Gasteiger partial charge in [0.2, 0.25) is 23.7 Å². The van der Waals surface area contributed by atoms with Crippen molar-refractivity contribution in [2.75, 3.05) is 17.6 Å². The van der Waals surface area contributed by atoms with E-state index in [1.165, 1.54) is 29.5 Å². The largest absolute Gasteiger partial charge is 0.433 e. The number of hydrogen-bond acceptors (Lipinski definition) is 9. The number of carbonyl (C=O) groups excluding carboxylic acids is 4. The van der Waals surface area contributed by atoms with Crippen LogP contribution in [0.2, 0.25) is 0 Å². The second-order valence-electron chi connectivity index (χ2n) is 14.1. The summed E-state index contributed by atoms with van der Waals surface area (Å²) in [5.74, 6) is -1.67. The number of carbonyl (C=O) groups is 4. The maximum Gasteiger partial charge on any atom is 0.433 e. The molecule has 1 saturated heterocycles. The van der Waals surface area contributed by atoms with Crippen LogP contribution in [0.4, 0.5) is 24.9 Å². The Kier molecular flexibility index (Phi) is 8.95. The Morgan fingerprint density at radius 1 is 1.02 bits per heavy atom. The van der Waals surface area contributed by atoms with Gasteiger partial charge in [0.1, 0.15) is 29.8 Å². The van der Waals surface area contributed by atoms with Gasteiger partial charge in [-0.3, -0.25) is 23.9 Å². The summed E-state index contributed by atoms with van der Waals surface area (Å²) in [5.41, 5.74) is 7.39. The quantitative estimate of drug-likeness (QED) is 0.254. The number of amides is 3. The fourth-order valence-corrected chi connectivity index (χ4v) is 7.63. The first-order valence-corrected chi connectivity index (χ1v) is 17.3. The number of benzene rings is 1. The molecule has 1 saturated carbocycles. The zero-order valence-corrected chi connectivity index (χ0v) is 28.7. The molecule has 0 radical (unpaired) electrons. The summed E-state index contributed by atoms with van der Waals surface area (Å²) in [6.45, 7) is 2.89. The minimum absolute atomic E-state index is 0.115. The number of halogens is 3. The number of nitrogens with zero attached hydrogens (tertiary/aromatic N) is 6. The molecule has 2 aliphatic heterocycles. The number of aromatic nitrogens is 5. The highest BCUT2D eigenvalue weighted by molar-refractivity contribution is 6.07. The summed E-state index contributed by atoms with van der Waals surface area (Å²) in [5, 5.41) is 10.7. The number of piperidine rings is 1. The summed E-state index contributed by atoms with van der Waals surface area (Å²) >= 11 is 0. The van der Waals surface area contributed by atoms with E-state index >= 15 is 0 Å². The van der Waals surface area contributed by atoms with Gasteiger partial charge in [-0.25, -0.2) is 15.0 Å². The molecular formula is C36H38F3N9O4. The number of ketones is 1. The third-order valence-electron chi connectivity index (χ3n) is 10.4. The molecule has 3 atom stereocenters. The van der Waals surface area contributed by atoms with Crippen molar-refractivity contribution in [1.29, 1.82) is 0 Å². The van der Waals surface area contributed by atoms with E-state index in [1.807, 2.05) is 12.1 Å². The average molecular weight is 718 g/mol. The molecule has 4 aromatic rings. The summed E-state index contributed by atoms with van der Waals surface area (Å²) in [7, 11) is 0. The minimum Gasteiger partial charge on any atom is -0.368 e. The van der Waals surface area contributed by atoms with Crippen molar-refractivity contribution in [2.45, 2.75) is 90.0 Å². The Morgan fingerprint density at radius 2 is 1.75 bits per heavy atom. The predicted octanol–water partition coefficient (Wildman–Crippen LogP) is 4.62. The number of Topliss-reactive ketones (excluding diaryl/α,β-unsaturated/α-hetero) is 1. The van der Waals surface area contributed by atoms with Crippen molar-refractivity contribution in [3.05, 3.63) is 59.2 Å². The van der Waals surface area contributed by atoms with Crippen LogP contribution in [0.25, 0.3) is 22.0 Å². The lowest BCUT2D eigenvalue weighted by Crippen LogP contribution is -2.47. The summed E-state index contributed by atoms with van der Waals surface area (Å²) in [4.78, 5) is 67.5. The molecule has 0 spiro atoms. The highest BCUT2D eigenvalue weighted by Gasteiger charge is 2.67. The number of aryl methyl sites for hydroxylation is 2. The van der Waals surface area contributed by atoms with Crippen LogP contribution in [-0.2, 0) is 33.5 Å². The molecule has 3 amide bonds. The van der Waals surface area contributed by atoms with E-state index in [1.54, 1.807) is 12.4 Å². The molecule has 0 unspecified atom stereocenters. The molecule has 5 heterocycles. The van der Waals surface area contributed by atoms with E-state index in [0.717, 1.165) is 36.5 Å². The van der Waals surface area contributed by atoms with Gasteiger partial charge in [-0.05, 0) is 73.9 Å². The van der Waals surface area contributed by atoms with Crippen molar-refractivity contribution >= 4 is 46.2 Å². The highest BCUT2D eigenvalue weighted by Crippen LogP contribution is 2.59. The molecular weight excluding hydrogens is 679 g/mol. The monoisotopic (exact) mass is 717 g/mol. The maximum atomic E-state index is 14.4. The smallest absolute Gasteiger partial charge is 0.368 e. The van der Waals surface area contributed by atoms with Gasteiger partial charge in [0, 0.05) is 54.7 Å². The normalized spacial score (nSPS) is 22.4. The van der Waals surface area contributed by atoms with E-state index in [4.69, 9.17) is 5.73 Å². The van der Waals surface area contributed by atoms with Gasteiger partial charge in [0.05, 0.1) is 5.52 Å². The number of nitrogens with two attached hydrogens (primary N) is 1. The third kappa shape index (κ3) is 6.68. The first-order chi connectivity index (χ1) is 24.7.